The van der Waals surface area contributed by atoms with Crippen molar-refractivity contribution in [3.05, 3.63) is 5.82 Å². The summed E-state index contributed by atoms with van der Waals surface area (Å²) in [7, 11) is 1.74. The maximum absolute atomic E-state index is 6.06. The van der Waals surface area contributed by atoms with Crippen molar-refractivity contribution in [3.63, 3.8) is 0 Å². The van der Waals surface area contributed by atoms with E-state index in [9.17, 15) is 0 Å². The Labute approximate surface area is 76.1 Å². The largest absolute Gasteiger partial charge is 0.379 e. The molecule has 1 aliphatic heterocycles. The van der Waals surface area contributed by atoms with E-state index >= 15 is 0 Å². The van der Waals surface area contributed by atoms with Crippen molar-refractivity contribution < 1.29 is 4.74 Å². The van der Waals surface area contributed by atoms with Crippen LogP contribution in [0.1, 0.15) is 12.2 Å². The highest BCUT2D eigenvalue weighted by Gasteiger charge is 2.32. The van der Waals surface area contributed by atoms with Gasteiger partial charge in [-0.05, 0) is 11.6 Å². The minimum atomic E-state index is -0.289. The zero-order chi connectivity index (χ0) is 9.31. The molecule has 1 saturated heterocycles. The van der Waals surface area contributed by atoms with E-state index in [1.165, 1.54) is 4.80 Å². The van der Waals surface area contributed by atoms with Crippen molar-refractivity contribution in [3.8, 4) is 0 Å². The molecule has 2 rings (SSSR count). The Bertz CT molecular complexity index is 291. The molecule has 0 bridgehead atoms. The molecule has 72 valence electrons. The van der Waals surface area contributed by atoms with Crippen molar-refractivity contribution >= 4 is 0 Å². The third kappa shape index (κ3) is 1.84. The molecule has 1 aromatic heterocycles. The van der Waals surface area contributed by atoms with Crippen LogP contribution < -0.4 is 5.73 Å². The number of hydrogen-bond acceptors (Lipinski definition) is 5. The summed E-state index contributed by atoms with van der Waals surface area (Å²) in [6.45, 7) is 1.32. The maximum Gasteiger partial charge on any atom is 0.176 e. The number of nitrogens with two attached hydrogens (primary N) is 1. The fraction of sp³-hybridized carbons (Fsp3) is 0.857. The molecule has 6 nitrogen and oxygen atoms in total. The molecule has 1 aromatic rings. The van der Waals surface area contributed by atoms with E-state index in [0.717, 1.165) is 13.0 Å². The van der Waals surface area contributed by atoms with Crippen LogP contribution >= 0.6 is 0 Å². The predicted octanol–water partition coefficient (Wildman–Crippen LogP) is -1.13. The summed E-state index contributed by atoms with van der Waals surface area (Å²) in [6.07, 6.45) is 1.51. The Kier molecular flexibility index (Phi) is 2.01. The first-order chi connectivity index (χ1) is 6.18. The average molecular weight is 183 g/mol. The summed E-state index contributed by atoms with van der Waals surface area (Å²) in [5.74, 6) is 0.690. The first-order valence-electron chi connectivity index (χ1n) is 4.27. The highest BCUT2D eigenvalue weighted by Crippen LogP contribution is 2.18. The Balaban J connectivity index is 2.04. The number of aryl methyl sites for hydroxylation is 1. The fourth-order valence-corrected chi connectivity index (χ4v) is 1.47. The average Bonchev–Trinajstić information content (AvgIpc) is 2.62. The molecule has 1 aliphatic rings. The van der Waals surface area contributed by atoms with Gasteiger partial charge in [0.1, 0.15) is 0 Å². The number of rotatable bonds is 2. The first-order valence-corrected chi connectivity index (χ1v) is 4.27. The van der Waals surface area contributed by atoms with Crippen LogP contribution in [0.2, 0.25) is 0 Å². The van der Waals surface area contributed by atoms with Crippen LogP contribution in [0.3, 0.4) is 0 Å². The number of hydrogen-bond donors (Lipinski definition) is 1. The lowest BCUT2D eigenvalue weighted by Crippen LogP contribution is -2.42. The van der Waals surface area contributed by atoms with Crippen LogP contribution in [-0.4, -0.2) is 39.0 Å². The number of aromatic nitrogens is 4. The summed E-state index contributed by atoms with van der Waals surface area (Å²) >= 11 is 0. The minimum Gasteiger partial charge on any atom is -0.379 e. The molecule has 2 N–H and O–H groups in total. The zero-order valence-electron chi connectivity index (χ0n) is 7.60. The van der Waals surface area contributed by atoms with Gasteiger partial charge in [-0.25, -0.2) is 0 Å². The predicted molar refractivity (Wildman–Crippen MR) is 44.9 cm³/mol. The van der Waals surface area contributed by atoms with E-state index in [-0.39, 0.29) is 5.54 Å². The maximum atomic E-state index is 6.06. The monoisotopic (exact) mass is 183 g/mol. The molecular weight excluding hydrogens is 170 g/mol. The Hall–Kier alpha value is -1.01. The van der Waals surface area contributed by atoms with Crippen molar-refractivity contribution in [2.75, 3.05) is 13.2 Å². The lowest BCUT2D eigenvalue weighted by atomic mass is 9.96. The van der Waals surface area contributed by atoms with Gasteiger partial charge in [0.15, 0.2) is 5.82 Å². The highest BCUT2D eigenvalue weighted by molar-refractivity contribution is 4.96. The van der Waals surface area contributed by atoms with Gasteiger partial charge in [-0.1, -0.05) is 0 Å². The van der Waals surface area contributed by atoms with Crippen LogP contribution in [0.5, 0.6) is 0 Å². The summed E-state index contributed by atoms with van der Waals surface area (Å²) in [5, 5.41) is 11.7. The minimum absolute atomic E-state index is 0.289. The van der Waals surface area contributed by atoms with E-state index in [0.29, 0.717) is 18.9 Å². The van der Waals surface area contributed by atoms with E-state index in [2.05, 4.69) is 15.4 Å². The molecule has 0 saturated carbocycles. The fourth-order valence-electron chi connectivity index (χ4n) is 1.47. The van der Waals surface area contributed by atoms with E-state index in [1.807, 2.05) is 0 Å². The van der Waals surface area contributed by atoms with Crippen molar-refractivity contribution in [2.24, 2.45) is 12.8 Å². The summed E-state index contributed by atoms with van der Waals surface area (Å²) in [5.41, 5.74) is 5.77. The number of nitrogens with zero attached hydrogens (tertiary/aromatic N) is 4. The van der Waals surface area contributed by atoms with Gasteiger partial charge in [0.05, 0.1) is 13.7 Å². The second-order valence-corrected chi connectivity index (χ2v) is 3.54. The van der Waals surface area contributed by atoms with E-state index < -0.39 is 0 Å². The van der Waals surface area contributed by atoms with E-state index in [1.54, 1.807) is 7.05 Å². The van der Waals surface area contributed by atoms with Gasteiger partial charge >= 0.3 is 0 Å². The Morgan fingerprint density at radius 3 is 3.08 bits per heavy atom. The van der Waals surface area contributed by atoms with Crippen molar-refractivity contribution in [2.45, 2.75) is 18.4 Å². The molecule has 2 heterocycles. The van der Waals surface area contributed by atoms with Crippen molar-refractivity contribution in [1.82, 2.24) is 20.2 Å². The van der Waals surface area contributed by atoms with Crippen LogP contribution in [-0.2, 0) is 18.2 Å². The van der Waals surface area contributed by atoms with Crippen LogP contribution in [0.4, 0.5) is 0 Å². The van der Waals surface area contributed by atoms with Gasteiger partial charge in [-0.15, -0.1) is 10.2 Å². The third-order valence-electron chi connectivity index (χ3n) is 2.19. The molecule has 0 aromatic carbocycles. The summed E-state index contributed by atoms with van der Waals surface area (Å²) in [6, 6.07) is 0. The van der Waals surface area contributed by atoms with E-state index in [4.69, 9.17) is 10.5 Å². The SMILES string of the molecule is Cn1nnc(CC2(N)CCOC2)n1. The molecule has 1 fully saturated rings. The molecule has 0 spiro atoms. The van der Waals surface area contributed by atoms with Crippen LogP contribution in [0, 0.1) is 0 Å². The van der Waals surface area contributed by atoms with Gasteiger partial charge in [0, 0.05) is 18.6 Å². The van der Waals surface area contributed by atoms with Gasteiger partial charge in [0.25, 0.3) is 0 Å². The molecule has 6 heteroatoms. The number of tetrazole rings is 1. The normalized spacial score (nSPS) is 28.2. The molecule has 0 radical (unpaired) electrons. The lowest BCUT2D eigenvalue weighted by Gasteiger charge is -2.18. The van der Waals surface area contributed by atoms with Gasteiger partial charge in [-0.2, -0.15) is 4.80 Å². The Morgan fingerprint density at radius 1 is 1.69 bits per heavy atom. The number of ether oxygens (including phenoxy) is 1. The third-order valence-corrected chi connectivity index (χ3v) is 2.19. The highest BCUT2D eigenvalue weighted by atomic mass is 16.5. The Morgan fingerprint density at radius 2 is 2.54 bits per heavy atom. The summed E-state index contributed by atoms with van der Waals surface area (Å²) in [4.78, 5) is 1.44. The summed E-state index contributed by atoms with van der Waals surface area (Å²) < 4.78 is 5.23. The first kappa shape index (κ1) is 8.58. The zero-order valence-corrected chi connectivity index (χ0v) is 7.60. The topological polar surface area (TPSA) is 78.9 Å². The lowest BCUT2D eigenvalue weighted by molar-refractivity contribution is 0.177. The quantitative estimate of drug-likeness (QED) is 0.627. The molecule has 0 aliphatic carbocycles. The molecule has 1 atom stereocenters. The molecule has 0 amide bonds. The molecule has 13 heavy (non-hydrogen) atoms. The molecule has 1 unspecified atom stereocenters. The smallest absolute Gasteiger partial charge is 0.176 e. The second-order valence-electron chi connectivity index (χ2n) is 3.54. The van der Waals surface area contributed by atoms with Crippen LogP contribution in [0.25, 0.3) is 0 Å². The van der Waals surface area contributed by atoms with Gasteiger partial charge in [-0.3, -0.25) is 0 Å². The standard InChI is InChI=1S/C7H13N5O/c1-12-10-6(9-11-12)4-7(8)2-3-13-5-7/h2-5,8H2,1H3. The van der Waals surface area contributed by atoms with Gasteiger partial charge < -0.3 is 10.5 Å². The second kappa shape index (κ2) is 3.04. The van der Waals surface area contributed by atoms with Crippen molar-refractivity contribution in [1.29, 1.82) is 0 Å². The molecular formula is C7H13N5O. The van der Waals surface area contributed by atoms with Gasteiger partial charge in [0.2, 0.25) is 0 Å². The van der Waals surface area contributed by atoms with Crippen LogP contribution in [0.15, 0.2) is 0 Å².